The van der Waals surface area contributed by atoms with Crippen molar-refractivity contribution in [2.24, 2.45) is 0 Å². The topological polar surface area (TPSA) is 47.9 Å². The first kappa shape index (κ1) is 16.1. The molecule has 4 nitrogen and oxygen atoms in total. The third-order valence-electron chi connectivity index (χ3n) is 3.94. The zero-order chi connectivity index (χ0) is 15.9. The zero-order valence-corrected chi connectivity index (χ0v) is 13.0. The Bertz CT molecular complexity index is 572. The summed E-state index contributed by atoms with van der Waals surface area (Å²) in [6, 6.07) is 19.9. The minimum atomic E-state index is -0.658. The smallest absolute Gasteiger partial charge is 0.111 e. The molecule has 1 heterocycles. The lowest BCUT2D eigenvalue weighted by Gasteiger charge is -2.18. The Balaban J connectivity index is 1.40. The Labute approximate surface area is 136 Å². The van der Waals surface area contributed by atoms with Crippen LogP contribution in [0.2, 0.25) is 0 Å². The van der Waals surface area contributed by atoms with Crippen LogP contribution in [0.15, 0.2) is 60.7 Å². The van der Waals surface area contributed by atoms with Crippen molar-refractivity contribution >= 4 is 0 Å². The van der Waals surface area contributed by atoms with Gasteiger partial charge in [0.15, 0.2) is 0 Å². The van der Waals surface area contributed by atoms with Crippen LogP contribution in [0.5, 0.6) is 0 Å². The fourth-order valence-corrected chi connectivity index (χ4v) is 2.59. The highest BCUT2D eigenvalue weighted by Crippen LogP contribution is 2.19. The van der Waals surface area contributed by atoms with Gasteiger partial charge in [0.2, 0.25) is 0 Å². The lowest BCUT2D eigenvalue weighted by atomic mass is 10.1. The highest BCUT2D eigenvalue weighted by molar-refractivity contribution is 5.14. The largest absolute Gasteiger partial charge is 0.388 e. The fourth-order valence-electron chi connectivity index (χ4n) is 2.59. The Kier molecular flexibility index (Phi) is 5.77. The van der Waals surface area contributed by atoms with E-state index < -0.39 is 6.10 Å². The summed E-state index contributed by atoms with van der Waals surface area (Å²) in [4.78, 5) is 0. The van der Waals surface area contributed by atoms with E-state index in [2.05, 4.69) is 0 Å². The van der Waals surface area contributed by atoms with Crippen LogP contribution < -0.4 is 0 Å². The molecule has 2 aromatic carbocycles. The zero-order valence-electron chi connectivity index (χ0n) is 13.0. The van der Waals surface area contributed by atoms with E-state index in [0.717, 1.165) is 11.1 Å². The average Bonchev–Trinajstić information content (AvgIpc) is 2.95. The van der Waals surface area contributed by atoms with Crippen molar-refractivity contribution in [3.63, 3.8) is 0 Å². The second-order valence-electron chi connectivity index (χ2n) is 5.70. The van der Waals surface area contributed by atoms with Crippen LogP contribution in [0.4, 0.5) is 0 Å². The molecule has 3 atom stereocenters. The van der Waals surface area contributed by atoms with E-state index in [0.29, 0.717) is 26.4 Å². The van der Waals surface area contributed by atoms with Gasteiger partial charge in [-0.2, -0.15) is 0 Å². The first-order chi connectivity index (χ1) is 11.3. The summed E-state index contributed by atoms with van der Waals surface area (Å²) in [6.45, 7) is 1.75. The Morgan fingerprint density at radius 3 is 2.17 bits per heavy atom. The van der Waals surface area contributed by atoms with E-state index in [-0.39, 0.29) is 12.2 Å². The van der Waals surface area contributed by atoms with Crippen LogP contribution in [-0.2, 0) is 27.4 Å². The van der Waals surface area contributed by atoms with Crippen molar-refractivity contribution < 1.29 is 19.3 Å². The Morgan fingerprint density at radius 1 is 0.913 bits per heavy atom. The number of hydrogen-bond acceptors (Lipinski definition) is 4. The summed E-state index contributed by atoms with van der Waals surface area (Å²) >= 11 is 0. The second kappa shape index (κ2) is 8.22. The predicted molar refractivity (Wildman–Crippen MR) is 86.9 cm³/mol. The molecule has 23 heavy (non-hydrogen) atoms. The lowest BCUT2D eigenvalue weighted by molar-refractivity contribution is -0.0474. The molecule has 1 fully saturated rings. The molecule has 1 aliphatic rings. The van der Waals surface area contributed by atoms with Gasteiger partial charge in [0.05, 0.1) is 26.4 Å². The predicted octanol–water partition coefficient (Wildman–Crippen LogP) is 2.55. The molecule has 3 rings (SSSR count). The highest BCUT2D eigenvalue weighted by atomic mass is 16.6. The molecule has 0 aromatic heterocycles. The molecule has 0 spiro atoms. The van der Waals surface area contributed by atoms with Crippen molar-refractivity contribution in [1.82, 2.24) is 0 Å². The molecule has 122 valence electrons. The van der Waals surface area contributed by atoms with Gasteiger partial charge in [0.25, 0.3) is 0 Å². The number of rotatable bonds is 7. The van der Waals surface area contributed by atoms with Crippen molar-refractivity contribution in [3.05, 3.63) is 71.8 Å². The van der Waals surface area contributed by atoms with Gasteiger partial charge in [-0.05, 0) is 11.1 Å². The lowest BCUT2D eigenvalue weighted by Crippen LogP contribution is -2.34. The molecule has 1 saturated heterocycles. The highest BCUT2D eigenvalue weighted by Gasteiger charge is 2.36. The average molecular weight is 314 g/mol. The number of hydrogen-bond donors (Lipinski definition) is 1. The van der Waals surface area contributed by atoms with E-state index in [1.807, 2.05) is 60.7 Å². The van der Waals surface area contributed by atoms with Crippen molar-refractivity contribution in [2.75, 3.05) is 13.2 Å². The fraction of sp³-hybridized carbons (Fsp3) is 0.368. The summed E-state index contributed by atoms with van der Waals surface area (Å²) in [5.74, 6) is 0. The standard InChI is InChI=1S/C19H22O4/c20-19-17(13-21-11-15-7-3-1-4-8-15)23-14-18(19)22-12-16-9-5-2-6-10-16/h1-10,17-20H,11-14H2/t17-,18+,19-/m1/s1. The van der Waals surface area contributed by atoms with Crippen LogP contribution in [0, 0.1) is 0 Å². The number of ether oxygens (including phenoxy) is 3. The van der Waals surface area contributed by atoms with Gasteiger partial charge in [-0.3, -0.25) is 0 Å². The van der Waals surface area contributed by atoms with Crippen LogP contribution in [0.1, 0.15) is 11.1 Å². The molecule has 0 bridgehead atoms. The second-order valence-corrected chi connectivity index (χ2v) is 5.70. The third-order valence-corrected chi connectivity index (χ3v) is 3.94. The first-order valence-corrected chi connectivity index (χ1v) is 7.90. The molecule has 1 aliphatic heterocycles. The monoisotopic (exact) mass is 314 g/mol. The number of benzene rings is 2. The maximum Gasteiger partial charge on any atom is 0.111 e. The summed E-state index contributed by atoms with van der Waals surface area (Å²) < 4.78 is 17.0. The SMILES string of the molecule is O[C@H]1[C@@H](OCc2ccccc2)CO[C@@H]1COCc1ccccc1. The molecule has 0 unspecified atom stereocenters. The number of aliphatic hydroxyl groups excluding tert-OH is 1. The first-order valence-electron chi connectivity index (χ1n) is 7.90. The van der Waals surface area contributed by atoms with Gasteiger partial charge in [0, 0.05) is 0 Å². The van der Waals surface area contributed by atoms with Gasteiger partial charge in [-0.15, -0.1) is 0 Å². The van der Waals surface area contributed by atoms with Crippen LogP contribution in [0.3, 0.4) is 0 Å². The van der Waals surface area contributed by atoms with Crippen LogP contribution in [0.25, 0.3) is 0 Å². The maximum absolute atomic E-state index is 10.3. The summed E-state index contributed by atoms with van der Waals surface area (Å²) in [5, 5.41) is 10.3. The van der Waals surface area contributed by atoms with Gasteiger partial charge in [-0.1, -0.05) is 60.7 Å². The summed E-state index contributed by atoms with van der Waals surface area (Å²) in [6.07, 6.45) is -1.30. The van der Waals surface area contributed by atoms with E-state index in [4.69, 9.17) is 14.2 Å². The van der Waals surface area contributed by atoms with Gasteiger partial charge >= 0.3 is 0 Å². The number of aliphatic hydroxyl groups is 1. The molecule has 0 saturated carbocycles. The summed E-state index contributed by atoms with van der Waals surface area (Å²) in [5.41, 5.74) is 2.19. The molecular formula is C19H22O4. The molecule has 2 aromatic rings. The Hall–Kier alpha value is -1.72. The molecule has 0 radical (unpaired) electrons. The molecule has 0 amide bonds. The molecule has 4 heteroatoms. The summed E-state index contributed by atoms with van der Waals surface area (Å²) in [7, 11) is 0. The van der Waals surface area contributed by atoms with E-state index in [1.54, 1.807) is 0 Å². The normalized spacial score (nSPS) is 24.0. The molecular weight excluding hydrogens is 292 g/mol. The van der Waals surface area contributed by atoms with E-state index in [1.165, 1.54) is 0 Å². The van der Waals surface area contributed by atoms with Gasteiger partial charge in [0.1, 0.15) is 18.3 Å². The van der Waals surface area contributed by atoms with Crippen molar-refractivity contribution in [3.8, 4) is 0 Å². The molecule has 1 N–H and O–H groups in total. The molecule has 0 aliphatic carbocycles. The van der Waals surface area contributed by atoms with E-state index >= 15 is 0 Å². The van der Waals surface area contributed by atoms with Crippen LogP contribution >= 0.6 is 0 Å². The maximum atomic E-state index is 10.3. The van der Waals surface area contributed by atoms with E-state index in [9.17, 15) is 5.11 Å². The Morgan fingerprint density at radius 2 is 1.52 bits per heavy atom. The van der Waals surface area contributed by atoms with Crippen molar-refractivity contribution in [2.45, 2.75) is 31.5 Å². The van der Waals surface area contributed by atoms with Gasteiger partial charge in [-0.25, -0.2) is 0 Å². The van der Waals surface area contributed by atoms with Gasteiger partial charge < -0.3 is 19.3 Å². The minimum Gasteiger partial charge on any atom is -0.388 e. The van der Waals surface area contributed by atoms with Crippen LogP contribution in [-0.4, -0.2) is 36.6 Å². The van der Waals surface area contributed by atoms with Crippen molar-refractivity contribution in [1.29, 1.82) is 0 Å². The minimum absolute atomic E-state index is 0.305. The quantitative estimate of drug-likeness (QED) is 0.853. The third kappa shape index (κ3) is 4.62.